The Bertz CT molecular complexity index is 1040. The van der Waals surface area contributed by atoms with Crippen LogP contribution in [-0.2, 0) is 14.3 Å². The summed E-state index contributed by atoms with van der Waals surface area (Å²) in [7, 11) is 0. The van der Waals surface area contributed by atoms with Crippen LogP contribution in [0.15, 0.2) is 48.5 Å². The summed E-state index contributed by atoms with van der Waals surface area (Å²) in [5.41, 5.74) is 2.54. The molecule has 0 aromatic heterocycles. The van der Waals surface area contributed by atoms with Crippen molar-refractivity contribution in [3.05, 3.63) is 65.2 Å². The van der Waals surface area contributed by atoms with E-state index < -0.39 is 23.8 Å². The summed E-state index contributed by atoms with van der Waals surface area (Å²) >= 11 is 0. The van der Waals surface area contributed by atoms with Gasteiger partial charge in [-0.25, -0.2) is 4.79 Å². The third-order valence-corrected chi connectivity index (χ3v) is 5.84. The second kappa shape index (κ2) is 11.9. The lowest BCUT2D eigenvalue weighted by Gasteiger charge is -2.38. The van der Waals surface area contributed by atoms with Crippen LogP contribution < -0.4 is 10.6 Å². The maximum atomic E-state index is 13.8. The summed E-state index contributed by atoms with van der Waals surface area (Å²) in [5.74, 6) is -0.676. The average molecular weight is 482 g/mol. The predicted octanol–water partition coefficient (Wildman–Crippen LogP) is 5.52. The maximum Gasteiger partial charge on any atom is 0.408 e. The van der Waals surface area contributed by atoms with Crippen LogP contribution in [0.5, 0.6) is 0 Å². The molecule has 3 amide bonds. The highest BCUT2D eigenvalue weighted by atomic mass is 16.6. The van der Waals surface area contributed by atoms with Gasteiger partial charge in [0.25, 0.3) is 5.91 Å². The fraction of sp³-hybridized carbons (Fsp3) is 0.464. The molecule has 0 saturated carbocycles. The molecule has 0 aliphatic carbocycles. The van der Waals surface area contributed by atoms with E-state index in [0.29, 0.717) is 12.1 Å². The number of hydrogen-bond donors (Lipinski definition) is 2. The molecule has 2 N–H and O–H groups in total. The number of para-hydroxylation sites is 1. The molecule has 3 atom stereocenters. The van der Waals surface area contributed by atoms with Crippen molar-refractivity contribution in [1.29, 1.82) is 0 Å². The van der Waals surface area contributed by atoms with Crippen molar-refractivity contribution in [1.82, 2.24) is 10.2 Å². The Labute approximate surface area is 209 Å². The minimum Gasteiger partial charge on any atom is -0.444 e. The third kappa shape index (κ3) is 7.57. The number of alkyl carbamates (subject to hydrolysis) is 1. The zero-order valence-corrected chi connectivity index (χ0v) is 22.1. The van der Waals surface area contributed by atoms with Gasteiger partial charge in [-0.05, 0) is 77.6 Å². The Morgan fingerprint density at radius 2 is 1.51 bits per heavy atom. The van der Waals surface area contributed by atoms with Crippen LogP contribution >= 0.6 is 0 Å². The molecule has 0 radical (unpaired) electrons. The highest BCUT2D eigenvalue weighted by Crippen LogP contribution is 2.30. The molecule has 2 rings (SSSR count). The number of nitrogens with zero attached hydrogens (tertiary/aromatic N) is 1. The second-order valence-electron chi connectivity index (χ2n) is 9.93. The zero-order valence-electron chi connectivity index (χ0n) is 22.1. The first-order valence-corrected chi connectivity index (χ1v) is 12.1. The van der Waals surface area contributed by atoms with Crippen LogP contribution in [0.2, 0.25) is 0 Å². The van der Waals surface area contributed by atoms with E-state index in [-0.39, 0.29) is 17.9 Å². The van der Waals surface area contributed by atoms with Gasteiger partial charge in [-0.3, -0.25) is 9.59 Å². The van der Waals surface area contributed by atoms with Crippen LogP contribution in [0.4, 0.5) is 10.5 Å². The number of anilines is 1. The van der Waals surface area contributed by atoms with Crippen molar-refractivity contribution in [3.8, 4) is 0 Å². The molecular weight excluding hydrogens is 442 g/mol. The minimum atomic E-state index is -0.892. The highest BCUT2D eigenvalue weighted by Gasteiger charge is 2.37. The van der Waals surface area contributed by atoms with Crippen LogP contribution in [0.3, 0.4) is 0 Å². The summed E-state index contributed by atoms with van der Waals surface area (Å²) in [5, 5.41) is 5.65. The van der Waals surface area contributed by atoms with Gasteiger partial charge in [-0.15, -0.1) is 0 Å². The number of carbonyl (C=O) groups is 3. The van der Waals surface area contributed by atoms with Gasteiger partial charge < -0.3 is 20.3 Å². The minimum absolute atomic E-state index is 0.266. The van der Waals surface area contributed by atoms with Gasteiger partial charge >= 0.3 is 6.09 Å². The lowest BCUT2D eigenvalue weighted by Crippen LogP contribution is -2.54. The van der Waals surface area contributed by atoms with Crippen molar-refractivity contribution >= 4 is 23.6 Å². The topological polar surface area (TPSA) is 87.7 Å². The summed E-state index contributed by atoms with van der Waals surface area (Å²) in [6.45, 7) is 14.6. The molecule has 0 bridgehead atoms. The van der Waals surface area contributed by atoms with E-state index in [9.17, 15) is 14.4 Å². The maximum absolute atomic E-state index is 13.8. The number of amides is 3. The number of aryl methyl sites for hydroxylation is 2. The number of carbonyl (C=O) groups excluding carboxylic acids is 3. The second-order valence-corrected chi connectivity index (χ2v) is 9.93. The zero-order chi connectivity index (χ0) is 26.3. The van der Waals surface area contributed by atoms with Gasteiger partial charge in [-0.2, -0.15) is 0 Å². The van der Waals surface area contributed by atoms with Crippen LogP contribution in [0.25, 0.3) is 0 Å². The first kappa shape index (κ1) is 27.9. The van der Waals surface area contributed by atoms with Gasteiger partial charge in [0.2, 0.25) is 5.91 Å². The lowest BCUT2D eigenvalue weighted by molar-refractivity contribution is -0.143. The monoisotopic (exact) mass is 481 g/mol. The molecule has 0 fully saturated rings. The Morgan fingerprint density at radius 3 is 2.06 bits per heavy atom. The Morgan fingerprint density at radius 1 is 0.943 bits per heavy atom. The molecule has 0 aliphatic heterocycles. The van der Waals surface area contributed by atoms with Gasteiger partial charge in [0, 0.05) is 11.7 Å². The molecule has 2 aromatic rings. The first-order chi connectivity index (χ1) is 16.4. The van der Waals surface area contributed by atoms with Crippen molar-refractivity contribution in [3.63, 3.8) is 0 Å². The lowest BCUT2D eigenvalue weighted by atomic mass is 9.96. The van der Waals surface area contributed by atoms with E-state index in [0.717, 1.165) is 16.7 Å². The normalized spacial score (nSPS) is 13.8. The predicted molar refractivity (Wildman–Crippen MR) is 139 cm³/mol. The van der Waals surface area contributed by atoms with Crippen LogP contribution in [0, 0.1) is 13.8 Å². The van der Waals surface area contributed by atoms with Crippen molar-refractivity contribution in [2.45, 2.75) is 85.5 Å². The molecule has 0 heterocycles. The molecule has 0 aliphatic rings. The average Bonchev–Trinajstić information content (AvgIpc) is 2.77. The summed E-state index contributed by atoms with van der Waals surface area (Å²) in [4.78, 5) is 41.5. The van der Waals surface area contributed by atoms with E-state index in [2.05, 4.69) is 10.6 Å². The Kier molecular flexibility index (Phi) is 9.46. The van der Waals surface area contributed by atoms with E-state index in [1.165, 1.54) is 0 Å². The molecule has 0 saturated heterocycles. The van der Waals surface area contributed by atoms with Crippen molar-refractivity contribution in [2.24, 2.45) is 0 Å². The quantitative estimate of drug-likeness (QED) is 0.519. The fourth-order valence-electron chi connectivity index (χ4n) is 3.79. The summed E-state index contributed by atoms with van der Waals surface area (Å²) < 4.78 is 5.33. The van der Waals surface area contributed by atoms with Crippen LogP contribution in [-0.4, -0.2) is 40.5 Å². The molecule has 0 spiro atoms. The van der Waals surface area contributed by atoms with Gasteiger partial charge in [0.05, 0.1) is 0 Å². The third-order valence-electron chi connectivity index (χ3n) is 5.84. The molecule has 7 nitrogen and oxygen atoms in total. The number of nitrogens with one attached hydrogen (secondary N) is 2. The Balaban J connectivity index is 2.48. The molecule has 35 heavy (non-hydrogen) atoms. The molecule has 2 aromatic carbocycles. The van der Waals surface area contributed by atoms with E-state index >= 15 is 0 Å². The van der Waals surface area contributed by atoms with E-state index in [1.54, 1.807) is 32.6 Å². The molecular formula is C28H39N3O4. The largest absolute Gasteiger partial charge is 0.444 e. The smallest absolute Gasteiger partial charge is 0.408 e. The molecule has 7 heteroatoms. The SMILES string of the molecule is CCC(C)N(C(=O)C(C)NC(=O)OC(C)(C)C)C(C(=O)Nc1ccccc1C)c1ccccc1C. The fourth-order valence-corrected chi connectivity index (χ4v) is 3.79. The number of ether oxygens (including phenoxy) is 1. The number of benzene rings is 2. The van der Waals surface area contributed by atoms with Gasteiger partial charge in [-0.1, -0.05) is 49.4 Å². The van der Waals surface area contributed by atoms with E-state index in [4.69, 9.17) is 4.74 Å². The van der Waals surface area contributed by atoms with E-state index in [1.807, 2.05) is 76.2 Å². The number of hydrogen-bond acceptors (Lipinski definition) is 4. The summed E-state index contributed by atoms with van der Waals surface area (Å²) in [6.07, 6.45) is -0.0514. The summed E-state index contributed by atoms with van der Waals surface area (Å²) in [6, 6.07) is 13.0. The molecule has 190 valence electrons. The Hall–Kier alpha value is -3.35. The standard InChI is InChI=1S/C28H39N3O4/c1-9-20(4)31(26(33)21(5)29-27(34)35-28(6,7)8)24(22-16-12-10-14-18(22)2)25(32)30-23-17-13-11-15-19(23)3/h10-17,20-21,24H,9H2,1-8H3,(H,29,34)(H,30,32). The molecule has 3 unspecified atom stereocenters. The van der Waals surface area contributed by atoms with Crippen molar-refractivity contribution in [2.75, 3.05) is 5.32 Å². The number of rotatable bonds is 8. The first-order valence-electron chi connectivity index (χ1n) is 12.1. The van der Waals surface area contributed by atoms with Gasteiger partial charge in [0.15, 0.2) is 0 Å². The van der Waals surface area contributed by atoms with Gasteiger partial charge in [0.1, 0.15) is 17.7 Å². The van der Waals surface area contributed by atoms with Crippen LogP contribution in [0.1, 0.15) is 70.7 Å². The highest BCUT2D eigenvalue weighted by molar-refractivity contribution is 5.99. The van der Waals surface area contributed by atoms with Crippen molar-refractivity contribution < 1.29 is 19.1 Å².